The average Bonchev–Trinajstić information content (AvgIpc) is 2.49. The van der Waals surface area contributed by atoms with Gasteiger partial charge in [-0.3, -0.25) is 4.90 Å². The van der Waals surface area contributed by atoms with Crippen molar-refractivity contribution in [3.05, 3.63) is 24.5 Å². The first kappa shape index (κ1) is 14.0. The van der Waals surface area contributed by atoms with Gasteiger partial charge in [-0.25, -0.2) is 9.97 Å². The van der Waals surface area contributed by atoms with Crippen LogP contribution in [0.1, 0.15) is 0 Å². The molecule has 1 fully saturated rings. The lowest BCUT2D eigenvalue weighted by Gasteiger charge is -2.32. The molecule has 6 heteroatoms. The second-order valence-corrected chi connectivity index (χ2v) is 5.43. The Balaban J connectivity index is 1.56. The second kappa shape index (κ2) is 6.24. The van der Waals surface area contributed by atoms with Gasteiger partial charge in [0.2, 0.25) is 0 Å². The Morgan fingerprint density at radius 3 is 2.81 bits per heavy atom. The average molecular weight is 287 g/mol. The zero-order valence-electron chi connectivity index (χ0n) is 12.3. The standard InChI is InChI=1S/C15H21N5O/c1-19-4-6-20(7-5-19)8-9-21-12-2-3-13-14(10-12)17-11-18-15(13)16/h2-3,10-11H,4-9H2,1H3,(H2,16,17,18). The molecule has 3 rings (SSSR count). The number of rotatable bonds is 4. The van der Waals surface area contributed by atoms with E-state index in [2.05, 4.69) is 26.8 Å². The number of piperazine rings is 1. The molecule has 112 valence electrons. The Morgan fingerprint density at radius 2 is 2.00 bits per heavy atom. The lowest BCUT2D eigenvalue weighted by molar-refractivity contribution is 0.134. The van der Waals surface area contributed by atoms with Gasteiger partial charge in [0.15, 0.2) is 0 Å². The maximum absolute atomic E-state index is 5.83. The summed E-state index contributed by atoms with van der Waals surface area (Å²) in [6.45, 7) is 6.13. The van der Waals surface area contributed by atoms with Crippen LogP contribution in [0.4, 0.5) is 5.82 Å². The zero-order chi connectivity index (χ0) is 14.7. The molecule has 6 nitrogen and oxygen atoms in total. The highest BCUT2D eigenvalue weighted by molar-refractivity contribution is 5.88. The maximum atomic E-state index is 5.83. The van der Waals surface area contributed by atoms with Gasteiger partial charge in [-0.1, -0.05) is 0 Å². The molecule has 2 N–H and O–H groups in total. The first-order valence-corrected chi connectivity index (χ1v) is 7.26. The third-order valence-electron chi connectivity index (χ3n) is 3.91. The van der Waals surface area contributed by atoms with E-state index in [-0.39, 0.29) is 0 Å². The minimum atomic E-state index is 0.504. The van der Waals surface area contributed by atoms with E-state index in [1.54, 1.807) is 0 Å². The van der Waals surface area contributed by atoms with Gasteiger partial charge in [-0.05, 0) is 19.2 Å². The van der Waals surface area contributed by atoms with E-state index in [1.165, 1.54) is 6.33 Å². The molecular weight excluding hydrogens is 266 g/mol. The molecule has 0 radical (unpaired) electrons. The predicted octanol–water partition coefficient (Wildman–Crippen LogP) is 0.838. The number of anilines is 1. The Hall–Kier alpha value is -1.92. The van der Waals surface area contributed by atoms with Crippen molar-refractivity contribution in [1.29, 1.82) is 0 Å². The minimum absolute atomic E-state index is 0.504. The Kier molecular flexibility index (Phi) is 4.17. The number of nitrogens with two attached hydrogens (primary N) is 1. The van der Waals surface area contributed by atoms with E-state index in [4.69, 9.17) is 10.5 Å². The van der Waals surface area contributed by atoms with Crippen LogP contribution in [-0.2, 0) is 0 Å². The number of nitrogens with zero attached hydrogens (tertiary/aromatic N) is 4. The van der Waals surface area contributed by atoms with Gasteiger partial charge in [-0.15, -0.1) is 0 Å². The fourth-order valence-corrected chi connectivity index (χ4v) is 2.51. The number of likely N-dealkylation sites (N-methyl/N-ethyl adjacent to an activating group) is 1. The molecule has 1 aliphatic rings. The SMILES string of the molecule is CN1CCN(CCOc2ccc3c(N)ncnc3c2)CC1. The van der Waals surface area contributed by atoms with Crippen LogP contribution < -0.4 is 10.5 Å². The van der Waals surface area contributed by atoms with E-state index in [0.29, 0.717) is 12.4 Å². The van der Waals surface area contributed by atoms with Crippen molar-refractivity contribution in [2.75, 3.05) is 52.1 Å². The van der Waals surface area contributed by atoms with E-state index >= 15 is 0 Å². The number of hydrogen-bond donors (Lipinski definition) is 1. The summed E-state index contributed by atoms with van der Waals surface area (Å²) in [5.41, 5.74) is 6.63. The highest BCUT2D eigenvalue weighted by atomic mass is 16.5. The molecule has 1 aromatic carbocycles. The van der Waals surface area contributed by atoms with Gasteiger partial charge in [0.25, 0.3) is 0 Å². The second-order valence-electron chi connectivity index (χ2n) is 5.43. The van der Waals surface area contributed by atoms with Crippen LogP contribution in [0.2, 0.25) is 0 Å². The van der Waals surface area contributed by atoms with Crippen molar-refractivity contribution in [2.45, 2.75) is 0 Å². The van der Waals surface area contributed by atoms with Crippen LogP contribution in [0.15, 0.2) is 24.5 Å². The van der Waals surface area contributed by atoms with Crippen molar-refractivity contribution in [2.24, 2.45) is 0 Å². The van der Waals surface area contributed by atoms with Gasteiger partial charge in [0, 0.05) is 44.2 Å². The number of hydrogen-bond acceptors (Lipinski definition) is 6. The Morgan fingerprint density at radius 1 is 1.19 bits per heavy atom. The minimum Gasteiger partial charge on any atom is -0.492 e. The molecule has 2 aromatic rings. The molecule has 0 unspecified atom stereocenters. The summed E-state index contributed by atoms with van der Waals surface area (Å²) in [6, 6.07) is 5.75. The number of benzene rings is 1. The van der Waals surface area contributed by atoms with E-state index in [0.717, 1.165) is 49.4 Å². The monoisotopic (exact) mass is 287 g/mol. The molecule has 0 saturated carbocycles. The molecule has 0 atom stereocenters. The van der Waals surface area contributed by atoms with Crippen molar-refractivity contribution < 1.29 is 4.74 Å². The summed E-state index contributed by atoms with van der Waals surface area (Å²) in [4.78, 5) is 13.0. The Labute approximate surface area is 124 Å². The summed E-state index contributed by atoms with van der Waals surface area (Å²) in [7, 11) is 2.16. The van der Waals surface area contributed by atoms with Crippen LogP contribution in [0.5, 0.6) is 5.75 Å². The first-order valence-electron chi connectivity index (χ1n) is 7.26. The van der Waals surface area contributed by atoms with Crippen LogP contribution in [-0.4, -0.2) is 66.1 Å². The zero-order valence-corrected chi connectivity index (χ0v) is 12.3. The number of aromatic nitrogens is 2. The van der Waals surface area contributed by atoms with Crippen LogP contribution >= 0.6 is 0 Å². The third-order valence-corrected chi connectivity index (χ3v) is 3.91. The summed E-state index contributed by atoms with van der Waals surface area (Å²) in [5, 5.41) is 0.865. The summed E-state index contributed by atoms with van der Waals surface area (Å²) in [6.07, 6.45) is 1.48. The molecule has 1 aromatic heterocycles. The van der Waals surface area contributed by atoms with E-state index in [9.17, 15) is 0 Å². The molecule has 1 aliphatic heterocycles. The molecule has 2 heterocycles. The fourth-order valence-electron chi connectivity index (χ4n) is 2.51. The van der Waals surface area contributed by atoms with Gasteiger partial charge in [-0.2, -0.15) is 0 Å². The van der Waals surface area contributed by atoms with Crippen molar-refractivity contribution in [3.8, 4) is 5.75 Å². The Bertz CT molecular complexity index is 610. The van der Waals surface area contributed by atoms with Gasteiger partial charge >= 0.3 is 0 Å². The van der Waals surface area contributed by atoms with Crippen LogP contribution in [0.25, 0.3) is 10.9 Å². The quantitative estimate of drug-likeness (QED) is 0.899. The van der Waals surface area contributed by atoms with E-state index < -0.39 is 0 Å². The summed E-state index contributed by atoms with van der Waals surface area (Å²) < 4.78 is 5.83. The fraction of sp³-hybridized carbons (Fsp3) is 0.467. The molecule has 1 saturated heterocycles. The van der Waals surface area contributed by atoms with Gasteiger partial charge < -0.3 is 15.4 Å². The first-order chi connectivity index (χ1) is 10.2. The molecule has 0 aliphatic carbocycles. The molecule has 0 bridgehead atoms. The van der Waals surface area contributed by atoms with Gasteiger partial charge in [0.1, 0.15) is 24.5 Å². The molecule has 21 heavy (non-hydrogen) atoms. The highest BCUT2D eigenvalue weighted by Crippen LogP contribution is 2.21. The number of ether oxygens (including phenoxy) is 1. The lowest BCUT2D eigenvalue weighted by atomic mass is 10.2. The molecular formula is C15H21N5O. The third kappa shape index (κ3) is 3.40. The molecule has 0 amide bonds. The van der Waals surface area contributed by atoms with Crippen molar-refractivity contribution in [1.82, 2.24) is 19.8 Å². The van der Waals surface area contributed by atoms with Crippen LogP contribution in [0, 0.1) is 0 Å². The summed E-state index contributed by atoms with van der Waals surface area (Å²) >= 11 is 0. The number of fused-ring (bicyclic) bond motifs is 1. The molecule has 0 spiro atoms. The largest absolute Gasteiger partial charge is 0.492 e. The normalized spacial score (nSPS) is 17.2. The van der Waals surface area contributed by atoms with Crippen molar-refractivity contribution in [3.63, 3.8) is 0 Å². The summed E-state index contributed by atoms with van der Waals surface area (Å²) in [5.74, 6) is 1.33. The maximum Gasteiger partial charge on any atom is 0.134 e. The highest BCUT2D eigenvalue weighted by Gasteiger charge is 2.13. The predicted molar refractivity (Wildman–Crippen MR) is 83.4 cm³/mol. The van der Waals surface area contributed by atoms with Gasteiger partial charge in [0.05, 0.1) is 5.52 Å². The van der Waals surface area contributed by atoms with Crippen molar-refractivity contribution >= 4 is 16.7 Å². The number of nitrogen functional groups attached to an aromatic ring is 1. The smallest absolute Gasteiger partial charge is 0.134 e. The van der Waals surface area contributed by atoms with E-state index in [1.807, 2.05) is 18.2 Å². The topological polar surface area (TPSA) is 67.5 Å². The van der Waals surface area contributed by atoms with Crippen LogP contribution in [0.3, 0.4) is 0 Å². The lowest BCUT2D eigenvalue weighted by Crippen LogP contribution is -2.45.